The summed E-state index contributed by atoms with van der Waals surface area (Å²) in [5, 5.41) is 0. The highest BCUT2D eigenvalue weighted by molar-refractivity contribution is 5.75. The fourth-order valence-corrected chi connectivity index (χ4v) is 1.71. The zero-order chi connectivity index (χ0) is 16.1. The molecule has 0 bridgehead atoms. The van der Waals surface area contributed by atoms with E-state index >= 15 is 0 Å². The smallest absolute Gasteiger partial charge is 0.311 e. The van der Waals surface area contributed by atoms with Crippen LogP contribution < -0.4 is 0 Å². The molecular formula is C16H32O5. The molecule has 0 aliphatic carbocycles. The lowest BCUT2D eigenvalue weighted by Crippen LogP contribution is -2.27. The predicted molar refractivity (Wildman–Crippen MR) is 82.4 cm³/mol. The second-order valence-electron chi connectivity index (χ2n) is 5.85. The van der Waals surface area contributed by atoms with Crippen LogP contribution in [0.3, 0.4) is 0 Å². The Labute approximate surface area is 129 Å². The van der Waals surface area contributed by atoms with Gasteiger partial charge in [-0.3, -0.25) is 4.79 Å². The summed E-state index contributed by atoms with van der Waals surface area (Å²) < 4.78 is 21.3. The average molecular weight is 304 g/mol. The van der Waals surface area contributed by atoms with Gasteiger partial charge in [-0.25, -0.2) is 0 Å². The molecule has 0 saturated carbocycles. The van der Waals surface area contributed by atoms with Crippen LogP contribution in [0.4, 0.5) is 0 Å². The van der Waals surface area contributed by atoms with Gasteiger partial charge in [-0.05, 0) is 47.5 Å². The van der Waals surface area contributed by atoms with Crippen molar-refractivity contribution in [3.05, 3.63) is 0 Å². The Hall–Kier alpha value is -0.650. The summed E-state index contributed by atoms with van der Waals surface area (Å²) >= 11 is 0. The number of carbonyl (C=O) groups is 1. The number of esters is 1. The molecule has 21 heavy (non-hydrogen) atoms. The van der Waals surface area contributed by atoms with Crippen molar-refractivity contribution in [2.45, 2.75) is 53.6 Å². The quantitative estimate of drug-likeness (QED) is 0.387. The Balaban J connectivity index is 3.41. The summed E-state index contributed by atoms with van der Waals surface area (Å²) in [6, 6.07) is 0. The van der Waals surface area contributed by atoms with E-state index in [1.165, 1.54) is 0 Å². The molecule has 0 aromatic heterocycles. The van der Waals surface area contributed by atoms with Crippen molar-refractivity contribution in [2.75, 3.05) is 39.6 Å². The van der Waals surface area contributed by atoms with Gasteiger partial charge in [0.2, 0.25) is 0 Å². The standard InChI is InChI=1S/C16H32O5/c1-6-20-15(17)16(4,5)8-7-9-18-10-11-19-12-13-21-14(2)3/h14H,6-13H2,1-5H3. The highest BCUT2D eigenvalue weighted by atomic mass is 16.5. The van der Waals surface area contributed by atoms with E-state index in [2.05, 4.69) is 0 Å². The van der Waals surface area contributed by atoms with Gasteiger partial charge >= 0.3 is 5.97 Å². The molecule has 0 aromatic carbocycles. The Kier molecular flexibility index (Phi) is 11.6. The average Bonchev–Trinajstić information content (AvgIpc) is 2.40. The largest absolute Gasteiger partial charge is 0.466 e. The minimum Gasteiger partial charge on any atom is -0.466 e. The summed E-state index contributed by atoms with van der Waals surface area (Å²) in [5.74, 6) is -0.140. The molecule has 5 heteroatoms. The lowest BCUT2D eigenvalue weighted by atomic mass is 9.88. The number of hydrogen-bond acceptors (Lipinski definition) is 5. The first kappa shape index (κ1) is 20.3. The maximum Gasteiger partial charge on any atom is 0.311 e. The van der Waals surface area contributed by atoms with Crippen molar-refractivity contribution in [3.8, 4) is 0 Å². The van der Waals surface area contributed by atoms with Crippen LogP contribution in [0.1, 0.15) is 47.5 Å². The Morgan fingerprint density at radius 1 is 1.00 bits per heavy atom. The monoisotopic (exact) mass is 304 g/mol. The molecule has 0 rings (SSSR count). The highest BCUT2D eigenvalue weighted by Crippen LogP contribution is 2.24. The van der Waals surface area contributed by atoms with E-state index in [0.717, 1.165) is 12.8 Å². The van der Waals surface area contributed by atoms with Crippen molar-refractivity contribution >= 4 is 5.97 Å². The lowest BCUT2D eigenvalue weighted by Gasteiger charge is -2.21. The van der Waals surface area contributed by atoms with Gasteiger partial charge in [0.15, 0.2) is 0 Å². The second kappa shape index (κ2) is 12.0. The van der Waals surface area contributed by atoms with Gasteiger partial charge < -0.3 is 18.9 Å². The molecule has 0 aromatic rings. The molecule has 0 aliphatic rings. The molecule has 0 radical (unpaired) electrons. The predicted octanol–water partition coefficient (Wildman–Crippen LogP) is 2.81. The third-order valence-corrected chi connectivity index (χ3v) is 2.97. The van der Waals surface area contributed by atoms with Crippen LogP contribution in [0.25, 0.3) is 0 Å². The van der Waals surface area contributed by atoms with Crippen LogP contribution in [0.2, 0.25) is 0 Å². The molecule has 0 atom stereocenters. The van der Waals surface area contributed by atoms with Crippen molar-refractivity contribution in [1.29, 1.82) is 0 Å². The molecule has 126 valence electrons. The Morgan fingerprint density at radius 3 is 2.14 bits per heavy atom. The van der Waals surface area contributed by atoms with Gasteiger partial charge in [-0.15, -0.1) is 0 Å². The van der Waals surface area contributed by atoms with E-state index in [-0.39, 0.29) is 12.1 Å². The first-order valence-electron chi connectivity index (χ1n) is 7.84. The first-order valence-corrected chi connectivity index (χ1v) is 7.84. The number of rotatable bonds is 13. The minimum absolute atomic E-state index is 0.140. The Morgan fingerprint density at radius 2 is 1.57 bits per heavy atom. The van der Waals surface area contributed by atoms with Crippen LogP contribution in [0.15, 0.2) is 0 Å². The van der Waals surface area contributed by atoms with E-state index in [0.29, 0.717) is 39.6 Å². The van der Waals surface area contributed by atoms with Crippen LogP contribution in [0.5, 0.6) is 0 Å². The second-order valence-corrected chi connectivity index (χ2v) is 5.85. The molecule has 0 saturated heterocycles. The van der Waals surface area contributed by atoms with Crippen LogP contribution in [-0.2, 0) is 23.7 Å². The molecule has 0 heterocycles. The van der Waals surface area contributed by atoms with Crippen LogP contribution in [-0.4, -0.2) is 51.7 Å². The molecular weight excluding hydrogens is 272 g/mol. The van der Waals surface area contributed by atoms with Gasteiger partial charge in [0.25, 0.3) is 0 Å². The topological polar surface area (TPSA) is 54.0 Å². The summed E-state index contributed by atoms with van der Waals surface area (Å²) in [5.41, 5.74) is -0.440. The highest BCUT2D eigenvalue weighted by Gasteiger charge is 2.28. The first-order chi connectivity index (χ1) is 9.90. The number of carbonyl (C=O) groups excluding carboxylic acids is 1. The molecule has 0 N–H and O–H groups in total. The fraction of sp³-hybridized carbons (Fsp3) is 0.938. The zero-order valence-electron chi connectivity index (χ0n) is 14.3. The van der Waals surface area contributed by atoms with Crippen molar-refractivity contribution in [1.82, 2.24) is 0 Å². The number of ether oxygens (including phenoxy) is 4. The van der Waals surface area contributed by atoms with Crippen LogP contribution in [0, 0.1) is 5.41 Å². The molecule has 0 aliphatic heterocycles. The summed E-state index contributed by atoms with van der Waals surface area (Å²) in [6.45, 7) is 13.1. The molecule has 0 unspecified atom stereocenters. The SMILES string of the molecule is CCOC(=O)C(C)(C)CCCOCCOCCOC(C)C. The van der Waals surface area contributed by atoms with Gasteiger partial charge in [0, 0.05) is 6.61 Å². The van der Waals surface area contributed by atoms with E-state index in [1.54, 1.807) is 0 Å². The van der Waals surface area contributed by atoms with Gasteiger partial charge in [0.05, 0.1) is 44.6 Å². The summed E-state index contributed by atoms with van der Waals surface area (Å²) in [4.78, 5) is 11.7. The molecule has 5 nitrogen and oxygen atoms in total. The maximum atomic E-state index is 11.7. The number of hydrogen-bond donors (Lipinski definition) is 0. The lowest BCUT2D eigenvalue weighted by molar-refractivity contribution is -0.154. The zero-order valence-corrected chi connectivity index (χ0v) is 14.3. The van der Waals surface area contributed by atoms with E-state index < -0.39 is 5.41 Å². The van der Waals surface area contributed by atoms with Crippen molar-refractivity contribution in [3.63, 3.8) is 0 Å². The van der Waals surface area contributed by atoms with Crippen molar-refractivity contribution in [2.24, 2.45) is 5.41 Å². The molecule has 0 spiro atoms. The van der Waals surface area contributed by atoms with E-state index in [1.807, 2.05) is 34.6 Å². The minimum atomic E-state index is -0.440. The van der Waals surface area contributed by atoms with Gasteiger partial charge in [-0.1, -0.05) is 0 Å². The van der Waals surface area contributed by atoms with Crippen molar-refractivity contribution < 1.29 is 23.7 Å². The molecule has 0 fully saturated rings. The third-order valence-electron chi connectivity index (χ3n) is 2.97. The van der Waals surface area contributed by atoms with Gasteiger partial charge in [-0.2, -0.15) is 0 Å². The van der Waals surface area contributed by atoms with Gasteiger partial charge in [0.1, 0.15) is 0 Å². The summed E-state index contributed by atoms with van der Waals surface area (Å²) in [7, 11) is 0. The molecule has 0 amide bonds. The maximum absolute atomic E-state index is 11.7. The fourth-order valence-electron chi connectivity index (χ4n) is 1.71. The normalized spacial score (nSPS) is 11.9. The Bertz CT molecular complexity index is 263. The van der Waals surface area contributed by atoms with E-state index in [9.17, 15) is 4.79 Å². The third kappa shape index (κ3) is 11.7. The van der Waals surface area contributed by atoms with Crippen LogP contribution >= 0.6 is 0 Å². The summed E-state index contributed by atoms with van der Waals surface area (Å²) in [6.07, 6.45) is 1.84. The van der Waals surface area contributed by atoms with E-state index in [4.69, 9.17) is 18.9 Å².